The molecule has 1 aromatic carbocycles. The molecule has 0 saturated heterocycles. The molecule has 0 unspecified atom stereocenters. The Balaban J connectivity index is 2.03. The normalized spacial score (nSPS) is 12.6. The second-order valence-electron chi connectivity index (χ2n) is 5.99. The molecule has 26 heavy (non-hydrogen) atoms. The minimum absolute atomic E-state index is 0.0455. The molecular weight excluding hydrogens is 344 g/mol. The summed E-state index contributed by atoms with van der Waals surface area (Å²) < 4.78 is 32.5. The lowest BCUT2D eigenvalue weighted by Crippen LogP contribution is -2.18. The zero-order chi connectivity index (χ0) is 19.3. The summed E-state index contributed by atoms with van der Waals surface area (Å²) in [4.78, 5) is 11.8. The summed E-state index contributed by atoms with van der Waals surface area (Å²) >= 11 is 0. The van der Waals surface area contributed by atoms with Gasteiger partial charge in [0.15, 0.2) is 5.82 Å². The fourth-order valence-electron chi connectivity index (χ4n) is 1.84. The lowest BCUT2D eigenvalue weighted by atomic mass is 10.0. The van der Waals surface area contributed by atoms with Crippen LogP contribution in [0.15, 0.2) is 34.6 Å². The molecule has 3 N–H and O–H groups in total. The van der Waals surface area contributed by atoms with Gasteiger partial charge >= 0.3 is 6.01 Å². The molecular formula is C17H19F2N5O2. The van der Waals surface area contributed by atoms with Gasteiger partial charge in [0.2, 0.25) is 0 Å². The molecule has 0 atom stereocenters. The molecule has 0 saturated carbocycles. The Bertz CT molecular complexity index is 830. The third kappa shape index (κ3) is 4.79. The van der Waals surface area contributed by atoms with Gasteiger partial charge in [0.05, 0.1) is 17.5 Å². The van der Waals surface area contributed by atoms with Crippen LogP contribution < -0.4 is 10.6 Å². The Morgan fingerprint density at radius 2 is 1.96 bits per heavy atom. The fourth-order valence-corrected chi connectivity index (χ4v) is 1.84. The molecule has 0 fully saturated rings. The van der Waals surface area contributed by atoms with E-state index in [4.69, 9.17) is 10.6 Å². The van der Waals surface area contributed by atoms with Crippen molar-refractivity contribution in [1.29, 1.82) is 0 Å². The Morgan fingerprint density at radius 3 is 2.54 bits per heavy atom. The number of hydrogen-bond donors (Lipinski definition) is 2. The Labute approximate surface area is 149 Å². The molecule has 1 heterocycles. The largest absolute Gasteiger partial charge is 0.457 e. The number of nitrogens with zero attached hydrogens (tertiary/aromatic N) is 4. The highest BCUT2D eigenvalue weighted by Crippen LogP contribution is 2.22. The van der Waals surface area contributed by atoms with Gasteiger partial charge in [-0.05, 0) is 32.9 Å². The van der Waals surface area contributed by atoms with E-state index < -0.39 is 17.2 Å². The molecule has 2 rings (SSSR count). The van der Waals surface area contributed by atoms with Gasteiger partial charge in [-0.1, -0.05) is 0 Å². The summed E-state index contributed by atoms with van der Waals surface area (Å²) in [5, 5.41) is 13.3. The molecule has 0 amide bonds. The standard InChI is InChI=1S/C17H19F2N5O2/c1-10-13(18)4-5-14(15(10)19)21-8-12(24-20)9-26-16-22-6-11(7-23-16)17(2,3)25/h4-8,25H,9,20H2,1-3H3. The van der Waals surface area contributed by atoms with E-state index in [1.807, 2.05) is 0 Å². The third-order valence-corrected chi connectivity index (χ3v) is 3.50. The van der Waals surface area contributed by atoms with E-state index in [0.717, 1.165) is 6.07 Å². The second kappa shape index (κ2) is 7.96. The molecule has 0 bridgehead atoms. The van der Waals surface area contributed by atoms with E-state index in [2.05, 4.69) is 20.1 Å². The quantitative estimate of drug-likeness (QED) is 0.466. The van der Waals surface area contributed by atoms with E-state index in [1.54, 1.807) is 13.8 Å². The summed E-state index contributed by atoms with van der Waals surface area (Å²) in [6.07, 6.45) is 4.08. The highest BCUT2D eigenvalue weighted by atomic mass is 19.1. The molecule has 1 aromatic heterocycles. The smallest absolute Gasteiger partial charge is 0.316 e. The number of aromatic nitrogens is 2. The van der Waals surface area contributed by atoms with Crippen LogP contribution in [0.1, 0.15) is 25.0 Å². The van der Waals surface area contributed by atoms with E-state index in [0.29, 0.717) is 5.56 Å². The maximum absolute atomic E-state index is 13.9. The van der Waals surface area contributed by atoms with Crippen LogP contribution >= 0.6 is 0 Å². The molecule has 0 aliphatic heterocycles. The van der Waals surface area contributed by atoms with Gasteiger partial charge in [-0.3, -0.25) is 4.99 Å². The van der Waals surface area contributed by atoms with Crippen molar-refractivity contribution in [2.75, 3.05) is 6.61 Å². The van der Waals surface area contributed by atoms with Crippen molar-refractivity contribution in [2.24, 2.45) is 15.9 Å². The van der Waals surface area contributed by atoms with Crippen LogP contribution in [-0.4, -0.2) is 33.6 Å². The van der Waals surface area contributed by atoms with Crippen LogP contribution in [0.3, 0.4) is 0 Å². The first-order chi connectivity index (χ1) is 12.2. The van der Waals surface area contributed by atoms with Crippen molar-refractivity contribution in [3.05, 3.63) is 47.3 Å². The van der Waals surface area contributed by atoms with Crippen LogP contribution in [0.4, 0.5) is 14.5 Å². The summed E-state index contributed by atoms with van der Waals surface area (Å²) in [5.41, 5.74) is -0.507. The van der Waals surface area contributed by atoms with Gasteiger partial charge in [0, 0.05) is 23.5 Å². The van der Waals surface area contributed by atoms with Gasteiger partial charge < -0.3 is 15.7 Å². The number of rotatable bonds is 6. The predicted octanol–water partition coefficient (Wildman–Crippen LogP) is 2.39. The van der Waals surface area contributed by atoms with E-state index in [9.17, 15) is 13.9 Å². The summed E-state index contributed by atoms with van der Waals surface area (Å²) in [5.74, 6) is 3.85. The van der Waals surface area contributed by atoms with Crippen LogP contribution in [0.5, 0.6) is 6.01 Å². The van der Waals surface area contributed by atoms with E-state index in [1.165, 1.54) is 31.6 Å². The molecule has 9 heteroatoms. The van der Waals surface area contributed by atoms with Crippen LogP contribution in [0, 0.1) is 18.6 Å². The maximum atomic E-state index is 13.9. The lowest BCUT2D eigenvalue weighted by molar-refractivity contribution is 0.0776. The third-order valence-electron chi connectivity index (χ3n) is 3.50. The first-order valence-corrected chi connectivity index (χ1v) is 7.65. The second-order valence-corrected chi connectivity index (χ2v) is 5.99. The fraction of sp³-hybridized carbons (Fsp3) is 0.294. The number of nitrogens with two attached hydrogens (primary N) is 1. The SMILES string of the molecule is Cc1c(F)ccc(N=CC(COc2ncc(C(C)(C)O)cn2)=NN)c1F. The zero-order valence-corrected chi connectivity index (χ0v) is 14.6. The Hall–Kier alpha value is -2.94. The summed E-state index contributed by atoms with van der Waals surface area (Å²) in [6.45, 7) is 4.43. The minimum atomic E-state index is -1.06. The zero-order valence-electron chi connectivity index (χ0n) is 14.6. The van der Waals surface area contributed by atoms with Gasteiger partial charge in [-0.25, -0.2) is 18.7 Å². The van der Waals surface area contributed by atoms with Crippen molar-refractivity contribution in [1.82, 2.24) is 9.97 Å². The van der Waals surface area contributed by atoms with Crippen molar-refractivity contribution >= 4 is 17.6 Å². The molecule has 0 spiro atoms. The van der Waals surface area contributed by atoms with E-state index in [-0.39, 0.29) is 29.6 Å². The molecule has 0 radical (unpaired) electrons. The first-order valence-electron chi connectivity index (χ1n) is 7.65. The van der Waals surface area contributed by atoms with Crippen LogP contribution in [-0.2, 0) is 5.60 Å². The molecule has 2 aromatic rings. The van der Waals surface area contributed by atoms with Crippen LogP contribution in [0.2, 0.25) is 0 Å². The highest BCUT2D eigenvalue weighted by Gasteiger charge is 2.17. The number of ether oxygens (including phenoxy) is 1. The van der Waals surface area contributed by atoms with Gasteiger partial charge in [-0.15, -0.1) is 0 Å². The molecule has 0 aliphatic carbocycles. The van der Waals surface area contributed by atoms with Crippen molar-refractivity contribution < 1.29 is 18.6 Å². The summed E-state index contributed by atoms with van der Waals surface area (Å²) in [6, 6.07) is 2.39. The van der Waals surface area contributed by atoms with Crippen molar-refractivity contribution in [3.63, 3.8) is 0 Å². The van der Waals surface area contributed by atoms with Gasteiger partial charge in [0.1, 0.15) is 18.1 Å². The Morgan fingerprint density at radius 1 is 1.31 bits per heavy atom. The lowest BCUT2D eigenvalue weighted by Gasteiger charge is -2.16. The predicted molar refractivity (Wildman–Crippen MR) is 93.6 cm³/mol. The Kier molecular flexibility index (Phi) is 5.93. The number of aliphatic hydroxyl groups is 1. The number of aliphatic imine (C=N–C) groups is 1. The number of hydrazone groups is 1. The number of benzene rings is 1. The van der Waals surface area contributed by atoms with Gasteiger partial charge in [0.25, 0.3) is 0 Å². The van der Waals surface area contributed by atoms with Crippen LogP contribution in [0.25, 0.3) is 0 Å². The molecule has 7 nitrogen and oxygen atoms in total. The average molecular weight is 363 g/mol. The first kappa shape index (κ1) is 19.4. The van der Waals surface area contributed by atoms with E-state index >= 15 is 0 Å². The number of halogens is 2. The molecule has 0 aliphatic rings. The molecule has 138 valence electrons. The maximum Gasteiger partial charge on any atom is 0.316 e. The number of hydrogen-bond acceptors (Lipinski definition) is 7. The highest BCUT2D eigenvalue weighted by molar-refractivity contribution is 6.31. The van der Waals surface area contributed by atoms with Crippen molar-refractivity contribution in [3.8, 4) is 6.01 Å². The average Bonchev–Trinajstić information content (AvgIpc) is 2.61. The van der Waals surface area contributed by atoms with Gasteiger partial charge in [-0.2, -0.15) is 5.10 Å². The minimum Gasteiger partial charge on any atom is -0.457 e. The summed E-state index contributed by atoms with van der Waals surface area (Å²) in [7, 11) is 0. The monoisotopic (exact) mass is 363 g/mol. The van der Waals surface area contributed by atoms with Crippen molar-refractivity contribution in [2.45, 2.75) is 26.4 Å². The topological polar surface area (TPSA) is 106 Å².